The number of rotatable bonds is 4. The van der Waals surface area contributed by atoms with Crippen molar-refractivity contribution in [2.75, 3.05) is 0 Å². The molecule has 160 valence electrons. The Morgan fingerprint density at radius 3 is 1.76 bits per heavy atom. The lowest BCUT2D eigenvalue weighted by atomic mass is 9.99. The quantitative estimate of drug-likeness (QED) is 0.242. The number of halogens is 1. The predicted molar refractivity (Wildman–Crippen MR) is 139 cm³/mol. The summed E-state index contributed by atoms with van der Waals surface area (Å²) >= 11 is 1.91. The van der Waals surface area contributed by atoms with E-state index in [1.54, 1.807) is 12.1 Å². The molecule has 0 N–H and O–H groups in total. The molecule has 0 atom stereocenters. The molecule has 1 aromatic heterocycles. The van der Waals surface area contributed by atoms with E-state index in [1.807, 2.05) is 23.5 Å². The number of fused-ring (bicyclic) bond motifs is 1. The summed E-state index contributed by atoms with van der Waals surface area (Å²) in [5.74, 6) is 5.97. The Balaban J connectivity index is 1.33. The minimum atomic E-state index is -0.246. The van der Waals surface area contributed by atoms with Gasteiger partial charge in [-0.15, -0.1) is 11.3 Å². The highest BCUT2D eigenvalue weighted by Crippen LogP contribution is 2.32. The minimum absolute atomic E-state index is 0.246. The highest BCUT2D eigenvalue weighted by molar-refractivity contribution is 7.19. The first-order chi connectivity index (χ1) is 16.2. The number of thiophene rings is 1. The number of hydrogen-bond acceptors (Lipinski definition) is 1. The average molecular weight is 447 g/mol. The fourth-order valence-corrected chi connectivity index (χ4v) is 5.12. The van der Waals surface area contributed by atoms with Crippen molar-refractivity contribution >= 4 is 21.4 Å². The van der Waals surface area contributed by atoms with E-state index >= 15 is 0 Å². The molecule has 5 rings (SSSR count). The van der Waals surface area contributed by atoms with E-state index in [1.165, 1.54) is 50.2 Å². The predicted octanol–water partition coefficient (Wildman–Crippen LogP) is 8.73. The molecule has 0 radical (unpaired) electrons. The molecular formula is C31H23FS. The Labute approximate surface area is 198 Å². The van der Waals surface area contributed by atoms with Gasteiger partial charge in [-0.05, 0) is 82.6 Å². The molecule has 0 nitrogen and oxygen atoms in total. The number of benzene rings is 4. The zero-order valence-electron chi connectivity index (χ0n) is 18.4. The molecule has 0 aliphatic rings. The van der Waals surface area contributed by atoms with Gasteiger partial charge in [0.15, 0.2) is 0 Å². The second-order valence-electron chi connectivity index (χ2n) is 8.13. The summed E-state index contributed by atoms with van der Waals surface area (Å²) < 4.78 is 14.4. The molecule has 0 amide bonds. The van der Waals surface area contributed by atoms with Gasteiger partial charge >= 0.3 is 0 Å². The zero-order chi connectivity index (χ0) is 22.6. The van der Waals surface area contributed by atoms with Gasteiger partial charge in [0, 0.05) is 20.7 Å². The SMILES string of the molecule is CCCc1cc2ccc(-c3ccc(-c4ccc(C#Cc5ccc(F)cc5)cc4)cc3)cc2s1. The summed E-state index contributed by atoms with van der Waals surface area (Å²) in [6.07, 6.45) is 2.34. The first-order valence-corrected chi connectivity index (χ1v) is 12.0. The Morgan fingerprint density at radius 1 is 0.636 bits per heavy atom. The highest BCUT2D eigenvalue weighted by Gasteiger charge is 2.05. The van der Waals surface area contributed by atoms with Gasteiger partial charge < -0.3 is 0 Å². The van der Waals surface area contributed by atoms with Crippen molar-refractivity contribution in [3.63, 3.8) is 0 Å². The summed E-state index contributed by atoms with van der Waals surface area (Å²) in [6, 6.07) is 32.3. The van der Waals surface area contributed by atoms with E-state index in [2.05, 4.69) is 79.4 Å². The molecule has 33 heavy (non-hydrogen) atoms. The van der Waals surface area contributed by atoms with E-state index < -0.39 is 0 Å². The Morgan fingerprint density at radius 2 is 1.15 bits per heavy atom. The maximum absolute atomic E-state index is 13.0. The van der Waals surface area contributed by atoms with E-state index in [0.717, 1.165) is 23.1 Å². The fourth-order valence-electron chi connectivity index (χ4n) is 3.91. The molecule has 0 saturated carbocycles. The average Bonchev–Trinajstić information content (AvgIpc) is 3.26. The van der Waals surface area contributed by atoms with Crippen LogP contribution in [0, 0.1) is 17.7 Å². The van der Waals surface area contributed by atoms with Crippen molar-refractivity contribution in [3.8, 4) is 34.1 Å². The van der Waals surface area contributed by atoms with Gasteiger partial charge in [0.1, 0.15) is 5.82 Å². The normalized spacial score (nSPS) is 10.7. The van der Waals surface area contributed by atoms with Crippen LogP contribution in [-0.2, 0) is 6.42 Å². The monoisotopic (exact) mass is 446 g/mol. The third-order valence-corrected chi connectivity index (χ3v) is 6.86. The van der Waals surface area contributed by atoms with Crippen LogP contribution in [0.2, 0.25) is 0 Å². The lowest BCUT2D eigenvalue weighted by Crippen LogP contribution is -1.82. The Hall–Kier alpha value is -3.67. The zero-order valence-corrected chi connectivity index (χ0v) is 19.3. The maximum Gasteiger partial charge on any atom is 0.123 e. The van der Waals surface area contributed by atoms with Crippen molar-refractivity contribution in [2.24, 2.45) is 0 Å². The molecule has 5 aromatic rings. The van der Waals surface area contributed by atoms with Gasteiger partial charge in [-0.3, -0.25) is 0 Å². The molecule has 0 saturated heterocycles. The van der Waals surface area contributed by atoms with Crippen LogP contribution in [0.15, 0.2) is 97.1 Å². The molecule has 0 aliphatic heterocycles. The minimum Gasteiger partial charge on any atom is -0.207 e. The van der Waals surface area contributed by atoms with Crippen LogP contribution in [0.4, 0.5) is 4.39 Å². The lowest BCUT2D eigenvalue weighted by Gasteiger charge is -2.06. The van der Waals surface area contributed by atoms with Crippen molar-refractivity contribution < 1.29 is 4.39 Å². The third kappa shape index (κ3) is 4.90. The molecule has 0 spiro atoms. The van der Waals surface area contributed by atoms with Gasteiger partial charge in [0.2, 0.25) is 0 Å². The van der Waals surface area contributed by atoms with Crippen LogP contribution in [0.25, 0.3) is 32.3 Å². The fraction of sp³-hybridized carbons (Fsp3) is 0.0968. The van der Waals surface area contributed by atoms with E-state index in [-0.39, 0.29) is 5.82 Å². The van der Waals surface area contributed by atoms with Gasteiger partial charge in [-0.1, -0.05) is 73.7 Å². The van der Waals surface area contributed by atoms with Crippen molar-refractivity contribution in [3.05, 3.63) is 119 Å². The summed E-state index contributed by atoms with van der Waals surface area (Å²) in [7, 11) is 0. The van der Waals surface area contributed by atoms with E-state index in [9.17, 15) is 4.39 Å². The Kier molecular flexibility index (Phi) is 6.07. The van der Waals surface area contributed by atoms with Gasteiger partial charge in [-0.25, -0.2) is 4.39 Å². The standard InChI is InChI=1S/C31H23FS/c1-2-3-30-20-28-17-16-27(21-31(28)33-30)26-14-12-25(13-15-26)24-10-6-22(7-11-24)4-5-23-8-18-29(32)19-9-23/h6-21H,2-3H2,1H3. The van der Waals surface area contributed by atoms with Crippen LogP contribution in [-0.4, -0.2) is 0 Å². The van der Waals surface area contributed by atoms with Gasteiger partial charge in [0.25, 0.3) is 0 Å². The molecule has 0 fully saturated rings. The first kappa shape index (κ1) is 21.2. The molecule has 0 unspecified atom stereocenters. The molecular weight excluding hydrogens is 423 g/mol. The van der Waals surface area contributed by atoms with Crippen LogP contribution >= 0.6 is 11.3 Å². The smallest absolute Gasteiger partial charge is 0.123 e. The molecule has 4 aromatic carbocycles. The summed E-state index contributed by atoms with van der Waals surface area (Å²) in [6.45, 7) is 2.23. The molecule has 0 bridgehead atoms. The largest absolute Gasteiger partial charge is 0.207 e. The number of hydrogen-bond donors (Lipinski definition) is 0. The third-order valence-electron chi connectivity index (χ3n) is 5.70. The molecule has 2 heteroatoms. The van der Waals surface area contributed by atoms with Crippen LogP contribution in [0.1, 0.15) is 29.3 Å². The lowest BCUT2D eigenvalue weighted by molar-refractivity contribution is 0.627. The second kappa shape index (κ2) is 9.45. The highest BCUT2D eigenvalue weighted by atomic mass is 32.1. The first-order valence-electron chi connectivity index (χ1n) is 11.2. The second-order valence-corrected chi connectivity index (χ2v) is 9.30. The summed E-state index contributed by atoms with van der Waals surface area (Å²) in [4.78, 5) is 1.46. The topological polar surface area (TPSA) is 0 Å². The Bertz CT molecular complexity index is 1440. The van der Waals surface area contributed by atoms with E-state index in [0.29, 0.717) is 0 Å². The van der Waals surface area contributed by atoms with Crippen molar-refractivity contribution in [1.29, 1.82) is 0 Å². The molecule has 0 aliphatic carbocycles. The maximum atomic E-state index is 13.0. The summed E-state index contributed by atoms with van der Waals surface area (Å²) in [5.41, 5.74) is 6.56. The molecule has 1 heterocycles. The van der Waals surface area contributed by atoms with E-state index in [4.69, 9.17) is 0 Å². The van der Waals surface area contributed by atoms with Crippen LogP contribution < -0.4 is 0 Å². The van der Waals surface area contributed by atoms with Crippen molar-refractivity contribution in [2.45, 2.75) is 19.8 Å². The van der Waals surface area contributed by atoms with Crippen molar-refractivity contribution in [1.82, 2.24) is 0 Å². The number of aryl methyl sites for hydroxylation is 1. The van der Waals surface area contributed by atoms with Gasteiger partial charge in [0.05, 0.1) is 0 Å². The van der Waals surface area contributed by atoms with Gasteiger partial charge in [-0.2, -0.15) is 0 Å². The van der Waals surface area contributed by atoms with Crippen LogP contribution in [0.3, 0.4) is 0 Å². The summed E-state index contributed by atoms with van der Waals surface area (Å²) in [5, 5.41) is 1.34. The van der Waals surface area contributed by atoms with Crippen LogP contribution in [0.5, 0.6) is 0 Å².